The van der Waals surface area contributed by atoms with Crippen LogP contribution in [0.4, 0.5) is 13.2 Å². The van der Waals surface area contributed by atoms with Crippen LogP contribution in [0.1, 0.15) is 13.3 Å². The highest BCUT2D eigenvalue weighted by Gasteiger charge is 2.38. The molecule has 0 aromatic heterocycles. The molecule has 8 heteroatoms. The number of aliphatic carboxylic acids is 2. The average molecular weight is 231 g/mol. The third-order valence-corrected chi connectivity index (χ3v) is 1.17. The van der Waals surface area contributed by atoms with Gasteiger partial charge in [0.15, 0.2) is 0 Å². The Morgan fingerprint density at radius 3 is 1.73 bits per heavy atom. The molecular formula is C7H12F3NO4. The largest absolute Gasteiger partial charge is 0.490 e. The van der Waals surface area contributed by atoms with Crippen molar-refractivity contribution in [3.8, 4) is 0 Å². The summed E-state index contributed by atoms with van der Waals surface area (Å²) in [6.45, 7) is 2.26. The average Bonchev–Trinajstić information content (AvgIpc) is 2.02. The van der Waals surface area contributed by atoms with Crippen LogP contribution in [-0.4, -0.2) is 34.9 Å². The van der Waals surface area contributed by atoms with Crippen LogP contribution in [0.5, 0.6) is 0 Å². The van der Waals surface area contributed by atoms with Crippen LogP contribution >= 0.6 is 0 Å². The van der Waals surface area contributed by atoms with Crippen LogP contribution in [-0.2, 0) is 9.59 Å². The van der Waals surface area contributed by atoms with Crippen LogP contribution in [0.15, 0.2) is 0 Å². The smallest absolute Gasteiger partial charge is 0.481 e. The van der Waals surface area contributed by atoms with Crippen molar-refractivity contribution in [3.63, 3.8) is 0 Å². The van der Waals surface area contributed by atoms with Gasteiger partial charge in [-0.2, -0.15) is 13.2 Å². The first-order valence-electron chi connectivity index (χ1n) is 3.83. The van der Waals surface area contributed by atoms with E-state index in [2.05, 4.69) is 0 Å². The highest BCUT2D eigenvalue weighted by molar-refractivity contribution is 5.73. The molecule has 0 saturated carbocycles. The lowest BCUT2D eigenvalue weighted by Gasteiger charge is -2.00. The first kappa shape index (κ1) is 16.1. The van der Waals surface area contributed by atoms with Crippen molar-refractivity contribution in [2.24, 2.45) is 11.7 Å². The van der Waals surface area contributed by atoms with E-state index >= 15 is 0 Å². The number of rotatable bonds is 3. The summed E-state index contributed by atoms with van der Waals surface area (Å²) in [6, 6.07) is 0. The molecule has 5 nitrogen and oxygen atoms in total. The van der Waals surface area contributed by atoms with Gasteiger partial charge in [0.25, 0.3) is 0 Å². The zero-order valence-electron chi connectivity index (χ0n) is 7.91. The number of hydrogen-bond donors (Lipinski definition) is 3. The maximum Gasteiger partial charge on any atom is 0.490 e. The summed E-state index contributed by atoms with van der Waals surface area (Å²) in [5, 5.41) is 15.3. The Balaban J connectivity index is 0. The van der Waals surface area contributed by atoms with E-state index in [1.165, 1.54) is 0 Å². The summed E-state index contributed by atoms with van der Waals surface area (Å²) in [6.07, 6.45) is -4.91. The van der Waals surface area contributed by atoms with Crippen LogP contribution in [0.2, 0.25) is 0 Å². The number of hydrogen-bond acceptors (Lipinski definition) is 3. The SMILES string of the molecule is CC(CN)CC(=O)O.O=C(O)C(F)(F)F. The van der Waals surface area contributed by atoms with Gasteiger partial charge in [0.2, 0.25) is 0 Å². The highest BCUT2D eigenvalue weighted by Crippen LogP contribution is 2.13. The molecule has 1 unspecified atom stereocenters. The quantitative estimate of drug-likeness (QED) is 0.663. The minimum Gasteiger partial charge on any atom is -0.481 e. The number of nitrogens with two attached hydrogens (primary N) is 1. The molecule has 0 amide bonds. The molecule has 15 heavy (non-hydrogen) atoms. The zero-order chi connectivity index (χ0) is 12.6. The highest BCUT2D eigenvalue weighted by atomic mass is 19.4. The fourth-order valence-electron chi connectivity index (χ4n) is 0.381. The summed E-state index contributed by atoms with van der Waals surface area (Å²) in [7, 11) is 0. The summed E-state index contributed by atoms with van der Waals surface area (Å²) >= 11 is 0. The fraction of sp³-hybridized carbons (Fsp3) is 0.714. The Labute approximate surface area is 83.7 Å². The predicted octanol–water partition coefficient (Wildman–Crippen LogP) is 0.689. The van der Waals surface area contributed by atoms with Gasteiger partial charge in [-0.15, -0.1) is 0 Å². The molecule has 0 aromatic rings. The summed E-state index contributed by atoms with van der Waals surface area (Å²) < 4.78 is 31.7. The van der Waals surface area contributed by atoms with Crippen molar-refractivity contribution in [1.29, 1.82) is 0 Å². The van der Waals surface area contributed by atoms with Crippen molar-refractivity contribution >= 4 is 11.9 Å². The zero-order valence-corrected chi connectivity index (χ0v) is 7.91. The molecule has 0 aliphatic heterocycles. The van der Waals surface area contributed by atoms with Crippen molar-refractivity contribution in [2.45, 2.75) is 19.5 Å². The molecule has 0 bridgehead atoms. The predicted molar refractivity (Wildman–Crippen MR) is 44.2 cm³/mol. The van der Waals surface area contributed by atoms with Crippen molar-refractivity contribution in [3.05, 3.63) is 0 Å². The third-order valence-electron chi connectivity index (χ3n) is 1.17. The lowest BCUT2D eigenvalue weighted by Crippen LogP contribution is -2.21. The number of carboxylic acids is 2. The molecule has 0 saturated heterocycles. The normalized spacial score (nSPS) is 12.3. The molecule has 0 aromatic carbocycles. The van der Waals surface area contributed by atoms with Crippen LogP contribution in [0.3, 0.4) is 0 Å². The maximum absolute atomic E-state index is 10.6. The van der Waals surface area contributed by atoms with Crippen LogP contribution in [0.25, 0.3) is 0 Å². The Kier molecular flexibility index (Phi) is 7.58. The molecule has 0 aliphatic carbocycles. The first-order chi connectivity index (χ1) is 6.61. The number of halogens is 3. The van der Waals surface area contributed by atoms with E-state index in [1.54, 1.807) is 0 Å². The van der Waals surface area contributed by atoms with Crippen LogP contribution < -0.4 is 5.73 Å². The molecule has 0 heterocycles. The van der Waals surface area contributed by atoms with Gasteiger partial charge >= 0.3 is 18.1 Å². The Hall–Kier alpha value is -1.31. The molecule has 0 spiro atoms. The van der Waals surface area contributed by atoms with Gasteiger partial charge in [-0.25, -0.2) is 4.79 Å². The van der Waals surface area contributed by atoms with Crippen molar-refractivity contribution < 1.29 is 33.0 Å². The topological polar surface area (TPSA) is 101 Å². The summed E-state index contributed by atoms with van der Waals surface area (Å²) in [4.78, 5) is 18.8. The molecule has 0 aliphatic rings. The molecular weight excluding hydrogens is 219 g/mol. The lowest BCUT2D eigenvalue weighted by molar-refractivity contribution is -0.192. The second-order valence-corrected chi connectivity index (χ2v) is 2.74. The van der Waals surface area contributed by atoms with Gasteiger partial charge in [-0.05, 0) is 12.5 Å². The Morgan fingerprint density at radius 1 is 1.33 bits per heavy atom. The molecule has 4 N–H and O–H groups in total. The van der Waals surface area contributed by atoms with Gasteiger partial charge in [0.05, 0.1) is 0 Å². The second-order valence-electron chi connectivity index (χ2n) is 2.74. The van der Waals surface area contributed by atoms with E-state index < -0.39 is 18.1 Å². The molecule has 0 fully saturated rings. The lowest BCUT2D eigenvalue weighted by atomic mass is 10.1. The minimum atomic E-state index is -5.08. The molecule has 1 atom stereocenters. The summed E-state index contributed by atoms with van der Waals surface area (Å²) in [5.41, 5.74) is 5.16. The monoisotopic (exact) mass is 231 g/mol. The van der Waals surface area contributed by atoms with Gasteiger partial charge in [0, 0.05) is 6.42 Å². The van der Waals surface area contributed by atoms with Crippen molar-refractivity contribution in [1.82, 2.24) is 0 Å². The molecule has 90 valence electrons. The third kappa shape index (κ3) is 12.7. The molecule has 0 rings (SSSR count). The Morgan fingerprint density at radius 2 is 1.67 bits per heavy atom. The van der Waals surface area contributed by atoms with E-state index in [1.807, 2.05) is 6.92 Å². The van der Waals surface area contributed by atoms with E-state index in [-0.39, 0.29) is 12.3 Å². The first-order valence-corrected chi connectivity index (χ1v) is 3.83. The van der Waals surface area contributed by atoms with Gasteiger partial charge in [-0.3, -0.25) is 4.79 Å². The van der Waals surface area contributed by atoms with Gasteiger partial charge < -0.3 is 15.9 Å². The van der Waals surface area contributed by atoms with E-state index in [4.69, 9.17) is 20.7 Å². The second kappa shape index (κ2) is 7.04. The standard InChI is InChI=1S/C5H11NO2.C2HF3O2/c1-4(3-6)2-5(7)8;3-2(4,5)1(6)7/h4H,2-3,6H2,1H3,(H,7,8);(H,6,7). The number of carbonyl (C=O) groups is 2. The maximum atomic E-state index is 10.6. The Bertz CT molecular complexity index is 217. The van der Waals surface area contributed by atoms with E-state index in [9.17, 15) is 18.0 Å². The van der Waals surface area contributed by atoms with Gasteiger partial charge in [0.1, 0.15) is 0 Å². The van der Waals surface area contributed by atoms with E-state index in [0.29, 0.717) is 6.54 Å². The van der Waals surface area contributed by atoms with E-state index in [0.717, 1.165) is 0 Å². The fourth-order valence-corrected chi connectivity index (χ4v) is 0.381. The van der Waals surface area contributed by atoms with Gasteiger partial charge in [-0.1, -0.05) is 6.92 Å². The number of alkyl halides is 3. The molecule has 0 radical (unpaired) electrons. The summed E-state index contributed by atoms with van der Waals surface area (Å²) in [5.74, 6) is -3.43. The minimum absolute atomic E-state index is 0.104. The van der Waals surface area contributed by atoms with Crippen molar-refractivity contribution in [2.75, 3.05) is 6.54 Å². The number of carboxylic acid groups (broad SMARTS) is 2. The van der Waals surface area contributed by atoms with Crippen LogP contribution in [0, 0.1) is 5.92 Å².